The largest absolute Gasteiger partial charge is 0.397 e. The van der Waals surface area contributed by atoms with Crippen molar-refractivity contribution >= 4 is 62.2 Å². The molecular weight excluding hydrogens is 419 g/mol. The fourth-order valence-electron chi connectivity index (χ4n) is 2.79. The highest BCUT2D eigenvalue weighted by atomic mass is 35.5. The monoisotopic (exact) mass is 438 g/mol. The average molecular weight is 439 g/mol. The van der Waals surface area contributed by atoms with Crippen LogP contribution in [0.3, 0.4) is 0 Å². The second-order valence-corrected chi connectivity index (χ2v) is 8.60. The number of Topliss-reactive ketones (excluding diaryl/α,β-unsaturated/α-hetero) is 1. The molecule has 0 saturated heterocycles. The first-order valence-electron chi connectivity index (χ1n) is 8.66. The zero-order valence-electron chi connectivity index (χ0n) is 15.6. The Morgan fingerprint density at radius 2 is 2.00 bits per heavy atom. The predicted octanol–water partition coefficient (Wildman–Crippen LogP) is 4.88. The lowest BCUT2D eigenvalue weighted by atomic mass is 10.1. The Morgan fingerprint density at radius 1 is 1.29 bits per heavy atom. The van der Waals surface area contributed by atoms with Gasteiger partial charge in [-0.2, -0.15) is 0 Å². The SMILES string of the molecule is CC(=O)c1sc2nc(N[C@@H](CO)C(C)C)nc(-c3ccc(Cl)c(Cl)c3)c2c1N. The van der Waals surface area contributed by atoms with Crippen molar-refractivity contribution in [2.75, 3.05) is 17.7 Å². The molecule has 2 heterocycles. The van der Waals surface area contributed by atoms with E-state index in [0.29, 0.717) is 48.0 Å². The molecule has 2 aromatic heterocycles. The molecule has 6 nitrogen and oxygen atoms in total. The van der Waals surface area contributed by atoms with Crippen LogP contribution in [0.15, 0.2) is 18.2 Å². The molecule has 1 aromatic carbocycles. The van der Waals surface area contributed by atoms with Gasteiger partial charge >= 0.3 is 0 Å². The van der Waals surface area contributed by atoms with E-state index >= 15 is 0 Å². The number of carbonyl (C=O) groups is 1. The van der Waals surface area contributed by atoms with Crippen LogP contribution in [0.1, 0.15) is 30.4 Å². The maximum absolute atomic E-state index is 12.0. The molecule has 3 rings (SSSR count). The third kappa shape index (κ3) is 3.93. The van der Waals surface area contributed by atoms with Crippen molar-refractivity contribution in [3.63, 3.8) is 0 Å². The van der Waals surface area contributed by atoms with E-state index in [1.807, 2.05) is 13.8 Å². The molecule has 3 aromatic rings. The quantitative estimate of drug-likeness (QED) is 0.474. The maximum atomic E-state index is 12.0. The molecule has 0 unspecified atom stereocenters. The van der Waals surface area contributed by atoms with Gasteiger partial charge < -0.3 is 16.2 Å². The van der Waals surface area contributed by atoms with E-state index in [4.69, 9.17) is 28.9 Å². The summed E-state index contributed by atoms with van der Waals surface area (Å²) in [4.78, 5) is 22.2. The Morgan fingerprint density at radius 3 is 2.57 bits per heavy atom. The molecule has 4 N–H and O–H groups in total. The Bertz CT molecular complexity index is 1050. The molecule has 0 radical (unpaired) electrons. The van der Waals surface area contributed by atoms with Crippen LogP contribution >= 0.6 is 34.5 Å². The molecule has 0 aliphatic rings. The second-order valence-electron chi connectivity index (χ2n) is 6.78. The Labute approximate surface area is 176 Å². The molecule has 0 bridgehead atoms. The standard InChI is InChI=1S/C19H20Cl2N4O2S/c1-8(2)13(7-26)23-19-24-16(10-4-5-11(20)12(21)6-10)14-15(22)17(9(3)27)28-18(14)25-19/h4-6,8,13,26H,7,22H2,1-3H3,(H,23,24,25)/t13-/m0/s1. The first-order valence-corrected chi connectivity index (χ1v) is 10.2. The number of aliphatic hydroxyl groups is 1. The highest BCUT2D eigenvalue weighted by Gasteiger charge is 2.22. The number of aromatic nitrogens is 2. The van der Waals surface area contributed by atoms with Gasteiger partial charge in [0.15, 0.2) is 5.78 Å². The van der Waals surface area contributed by atoms with E-state index in [2.05, 4.69) is 15.3 Å². The molecule has 0 saturated carbocycles. The van der Waals surface area contributed by atoms with E-state index in [1.54, 1.807) is 18.2 Å². The summed E-state index contributed by atoms with van der Waals surface area (Å²) in [5.74, 6) is 0.377. The van der Waals surface area contributed by atoms with Crippen LogP contribution in [0.25, 0.3) is 21.5 Å². The van der Waals surface area contributed by atoms with Gasteiger partial charge in [-0.1, -0.05) is 43.1 Å². The van der Waals surface area contributed by atoms with Crippen LogP contribution in [0, 0.1) is 5.92 Å². The lowest BCUT2D eigenvalue weighted by Crippen LogP contribution is -2.30. The number of halogens is 2. The lowest BCUT2D eigenvalue weighted by molar-refractivity contribution is 0.102. The number of nitrogens with one attached hydrogen (secondary N) is 1. The molecule has 148 valence electrons. The zero-order chi connectivity index (χ0) is 20.6. The van der Waals surface area contributed by atoms with Crippen LogP contribution in [-0.4, -0.2) is 33.5 Å². The number of thiophene rings is 1. The van der Waals surface area contributed by atoms with Gasteiger partial charge in [-0.15, -0.1) is 11.3 Å². The van der Waals surface area contributed by atoms with E-state index in [9.17, 15) is 9.90 Å². The molecule has 28 heavy (non-hydrogen) atoms. The van der Waals surface area contributed by atoms with Crippen molar-refractivity contribution in [2.45, 2.75) is 26.8 Å². The van der Waals surface area contributed by atoms with Crippen molar-refractivity contribution < 1.29 is 9.90 Å². The minimum absolute atomic E-state index is 0.0631. The number of nitrogens with zero attached hydrogens (tertiary/aromatic N) is 2. The number of aliphatic hydroxyl groups excluding tert-OH is 1. The number of fused-ring (bicyclic) bond motifs is 1. The number of benzene rings is 1. The highest BCUT2D eigenvalue weighted by molar-refractivity contribution is 7.21. The van der Waals surface area contributed by atoms with Gasteiger partial charge in [-0.05, 0) is 18.1 Å². The number of hydrogen-bond acceptors (Lipinski definition) is 7. The second kappa shape index (κ2) is 8.21. The molecule has 0 amide bonds. The summed E-state index contributed by atoms with van der Waals surface area (Å²) in [7, 11) is 0. The topological polar surface area (TPSA) is 101 Å². The first-order chi connectivity index (χ1) is 13.2. The number of hydrogen-bond donors (Lipinski definition) is 3. The van der Waals surface area contributed by atoms with E-state index < -0.39 is 0 Å². The van der Waals surface area contributed by atoms with Gasteiger partial charge in [-0.3, -0.25) is 4.79 Å². The van der Waals surface area contributed by atoms with Gasteiger partial charge in [0.25, 0.3) is 0 Å². The third-order valence-electron chi connectivity index (χ3n) is 4.42. The summed E-state index contributed by atoms with van der Waals surface area (Å²) in [5, 5.41) is 14.2. The predicted molar refractivity (Wildman–Crippen MR) is 117 cm³/mol. The smallest absolute Gasteiger partial charge is 0.224 e. The number of anilines is 2. The molecule has 0 spiro atoms. The molecule has 0 fully saturated rings. The molecule has 0 aliphatic heterocycles. The fourth-order valence-corrected chi connectivity index (χ4v) is 4.08. The average Bonchev–Trinajstić information content (AvgIpc) is 2.98. The normalized spacial score (nSPS) is 12.5. The number of ketones is 1. The maximum Gasteiger partial charge on any atom is 0.224 e. The van der Waals surface area contributed by atoms with E-state index in [0.717, 1.165) is 0 Å². The molecule has 0 aliphatic carbocycles. The third-order valence-corrected chi connectivity index (χ3v) is 6.36. The fraction of sp³-hybridized carbons (Fsp3) is 0.316. The first kappa shape index (κ1) is 20.8. The molecular formula is C19H20Cl2N4O2S. The van der Waals surface area contributed by atoms with E-state index in [1.165, 1.54) is 18.3 Å². The number of rotatable bonds is 6. The van der Waals surface area contributed by atoms with Crippen molar-refractivity contribution in [3.8, 4) is 11.3 Å². The number of carbonyl (C=O) groups excluding carboxylic acids is 1. The minimum atomic E-state index is -0.219. The summed E-state index contributed by atoms with van der Waals surface area (Å²) < 4.78 is 0. The highest BCUT2D eigenvalue weighted by Crippen LogP contribution is 2.40. The van der Waals surface area contributed by atoms with Gasteiger partial charge in [0, 0.05) is 12.5 Å². The Balaban J connectivity index is 2.25. The summed E-state index contributed by atoms with van der Waals surface area (Å²) in [6, 6.07) is 4.95. The summed E-state index contributed by atoms with van der Waals surface area (Å²) >= 11 is 13.5. The Hall–Kier alpha value is -1.93. The number of nitrogen functional groups attached to an aromatic ring is 1. The molecule has 1 atom stereocenters. The number of nitrogens with two attached hydrogens (primary N) is 1. The van der Waals surface area contributed by atoms with Gasteiger partial charge in [0.2, 0.25) is 5.95 Å². The van der Waals surface area contributed by atoms with E-state index in [-0.39, 0.29) is 24.3 Å². The van der Waals surface area contributed by atoms with Gasteiger partial charge in [-0.25, -0.2) is 9.97 Å². The van der Waals surface area contributed by atoms with Crippen LogP contribution < -0.4 is 11.1 Å². The van der Waals surface area contributed by atoms with Crippen LogP contribution in [0.4, 0.5) is 11.6 Å². The summed E-state index contributed by atoms with van der Waals surface area (Å²) in [5.41, 5.74) is 7.86. The zero-order valence-corrected chi connectivity index (χ0v) is 17.9. The lowest BCUT2D eigenvalue weighted by Gasteiger charge is -2.20. The van der Waals surface area contributed by atoms with Crippen LogP contribution in [0.5, 0.6) is 0 Å². The van der Waals surface area contributed by atoms with Crippen LogP contribution in [-0.2, 0) is 0 Å². The van der Waals surface area contributed by atoms with Crippen molar-refractivity contribution in [3.05, 3.63) is 33.1 Å². The van der Waals surface area contributed by atoms with Crippen molar-refractivity contribution in [1.29, 1.82) is 0 Å². The van der Waals surface area contributed by atoms with Crippen LogP contribution in [0.2, 0.25) is 10.0 Å². The van der Waals surface area contributed by atoms with Gasteiger partial charge in [0.05, 0.1) is 44.3 Å². The van der Waals surface area contributed by atoms with Gasteiger partial charge in [0.1, 0.15) is 4.83 Å². The minimum Gasteiger partial charge on any atom is -0.397 e. The van der Waals surface area contributed by atoms with Crippen molar-refractivity contribution in [2.24, 2.45) is 5.92 Å². The molecule has 9 heteroatoms. The summed E-state index contributed by atoms with van der Waals surface area (Å²) in [6.45, 7) is 5.38. The Kier molecular flexibility index (Phi) is 6.09. The van der Waals surface area contributed by atoms with Crippen molar-refractivity contribution in [1.82, 2.24) is 9.97 Å². The summed E-state index contributed by atoms with van der Waals surface area (Å²) in [6.07, 6.45) is 0.